The van der Waals surface area contributed by atoms with E-state index in [2.05, 4.69) is 25.8 Å². The quantitative estimate of drug-likeness (QED) is 0.843. The van der Waals surface area contributed by atoms with Gasteiger partial charge >= 0.3 is 0 Å². The minimum atomic E-state index is 0.0201. The zero-order valence-electron chi connectivity index (χ0n) is 9.45. The Morgan fingerprint density at radius 2 is 2.06 bits per heavy atom. The molecule has 0 saturated carbocycles. The lowest BCUT2D eigenvalue weighted by Crippen LogP contribution is -2.30. The second-order valence-electron chi connectivity index (χ2n) is 4.19. The van der Waals surface area contributed by atoms with Crippen molar-refractivity contribution in [2.45, 2.75) is 26.3 Å². The summed E-state index contributed by atoms with van der Waals surface area (Å²) in [6.07, 6.45) is 4.20. The van der Waals surface area contributed by atoms with E-state index in [1.165, 1.54) is 12.8 Å². The molecule has 0 aliphatic carbocycles. The lowest BCUT2D eigenvalue weighted by atomic mass is 10.4. The number of aryl methyl sites for hydroxylation is 1. The second-order valence-corrected chi connectivity index (χ2v) is 4.98. The fourth-order valence-electron chi connectivity index (χ4n) is 1.96. The predicted octanol–water partition coefficient (Wildman–Crippen LogP) is 1.41. The van der Waals surface area contributed by atoms with E-state index >= 15 is 0 Å². The summed E-state index contributed by atoms with van der Waals surface area (Å²) in [6.45, 7) is 5.82. The third kappa shape index (κ3) is 2.52. The Balaban J connectivity index is 2.04. The Bertz CT molecular complexity index is 424. The average molecular weight is 286 g/mol. The van der Waals surface area contributed by atoms with E-state index in [-0.39, 0.29) is 5.56 Å². The van der Waals surface area contributed by atoms with Gasteiger partial charge < -0.3 is 4.90 Å². The number of nitrogens with zero attached hydrogens (tertiary/aromatic N) is 3. The Kier molecular flexibility index (Phi) is 3.76. The van der Waals surface area contributed by atoms with Crippen molar-refractivity contribution in [3.63, 3.8) is 0 Å². The van der Waals surface area contributed by atoms with Gasteiger partial charge in [-0.05, 0) is 48.8 Å². The molecule has 1 aliphatic rings. The lowest BCUT2D eigenvalue weighted by molar-refractivity contribution is 0.319. The van der Waals surface area contributed by atoms with E-state index in [1.807, 2.05) is 6.92 Å². The normalized spacial score (nSPS) is 16.9. The minimum absolute atomic E-state index is 0.0201. The molecule has 1 saturated heterocycles. The number of likely N-dealkylation sites (tertiary alicyclic amines) is 1. The molecule has 4 nitrogen and oxygen atoms in total. The van der Waals surface area contributed by atoms with Crippen LogP contribution in [0.3, 0.4) is 0 Å². The highest BCUT2D eigenvalue weighted by Gasteiger charge is 2.12. The van der Waals surface area contributed by atoms with Gasteiger partial charge in [0.1, 0.15) is 4.47 Å². The summed E-state index contributed by atoms with van der Waals surface area (Å²) in [5, 5.41) is 0. The van der Waals surface area contributed by atoms with Gasteiger partial charge in [-0.1, -0.05) is 0 Å². The van der Waals surface area contributed by atoms with E-state index in [1.54, 1.807) is 10.9 Å². The van der Waals surface area contributed by atoms with Crippen LogP contribution in [0.25, 0.3) is 0 Å². The molecular formula is C11H16BrN3O. The summed E-state index contributed by atoms with van der Waals surface area (Å²) in [5.74, 6) is 0. The Hall–Kier alpha value is -0.680. The summed E-state index contributed by atoms with van der Waals surface area (Å²) in [6, 6.07) is 0. The van der Waals surface area contributed by atoms with Crippen LogP contribution < -0.4 is 5.56 Å². The van der Waals surface area contributed by atoms with Crippen molar-refractivity contribution >= 4 is 15.9 Å². The first-order valence-electron chi connectivity index (χ1n) is 5.62. The molecule has 0 atom stereocenters. The SMILES string of the molecule is Cc1ncn(CCN2CCCC2)c(=O)c1Br. The number of halogens is 1. The second kappa shape index (κ2) is 5.10. The van der Waals surface area contributed by atoms with Gasteiger partial charge in [-0.2, -0.15) is 0 Å². The number of aromatic nitrogens is 2. The fraction of sp³-hybridized carbons (Fsp3) is 0.636. The van der Waals surface area contributed by atoms with Crippen molar-refractivity contribution in [3.8, 4) is 0 Å². The molecule has 0 spiro atoms. The smallest absolute Gasteiger partial charge is 0.267 e. The molecule has 0 N–H and O–H groups in total. The van der Waals surface area contributed by atoms with Crippen molar-refractivity contribution in [1.29, 1.82) is 0 Å². The van der Waals surface area contributed by atoms with Crippen molar-refractivity contribution in [2.75, 3.05) is 19.6 Å². The lowest BCUT2D eigenvalue weighted by Gasteiger charge is -2.15. The zero-order valence-corrected chi connectivity index (χ0v) is 11.0. The third-order valence-corrected chi connectivity index (χ3v) is 3.93. The maximum atomic E-state index is 11.9. The highest BCUT2D eigenvalue weighted by molar-refractivity contribution is 9.10. The van der Waals surface area contributed by atoms with Crippen molar-refractivity contribution in [3.05, 3.63) is 26.8 Å². The van der Waals surface area contributed by atoms with Crippen molar-refractivity contribution in [2.24, 2.45) is 0 Å². The number of rotatable bonds is 3. The molecule has 0 unspecified atom stereocenters. The molecule has 0 bridgehead atoms. The Morgan fingerprint density at radius 3 is 2.75 bits per heavy atom. The average Bonchev–Trinajstić information content (AvgIpc) is 2.78. The molecule has 2 rings (SSSR count). The molecular weight excluding hydrogens is 270 g/mol. The van der Waals surface area contributed by atoms with Gasteiger partial charge in [0, 0.05) is 13.1 Å². The molecule has 1 aliphatic heterocycles. The van der Waals surface area contributed by atoms with Crippen molar-refractivity contribution < 1.29 is 0 Å². The molecule has 88 valence electrons. The molecule has 1 fully saturated rings. The van der Waals surface area contributed by atoms with Gasteiger partial charge in [0.2, 0.25) is 0 Å². The highest BCUT2D eigenvalue weighted by Crippen LogP contribution is 2.08. The molecule has 2 heterocycles. The van der Waals surface area contributed by atoms with Crippen LogP contribution in [0.5, 0.6) is 0 Å². The van der Waals surface area contributed by atoms with Crippen molar-refractivity contribution in [1.82, 2.24) is 14.5 Å². The number of hydrogen-bond donors (Lipinski definition) is 0. The van der Waals surface area contributed by atoms with Crippen LogP contribution in [0.2, 0.25) is 0 Å². The van der Waals surface area contributed by atoms with E-state index in [4.69, 9.17) is 0 Å². The van der Waals surface area contributed by atoms with Gasteiger partial charge in [0.25, 0.3) is 5.56 Å². The van der Waals surface area contributed by atoms with E-state index in [0.29, 0.717) is 4.47 Å². The molecule has 16 heavy (non-hydrogen) atoms. The third-order valence-electron chi connectivity index (χ3n) is 3.01. The largest absolute Gasteiger partial charge is 0.302 e. The van der Waals surface area contributed by atoms with E-state index < -0.39 is 0 Å². The first-order valence-corrected chi connectivity index (χ1v) is 6.41. The van der Waals surface area contributed by atoms with Gasteiger partial charge in [0.05, 0.1) is 12.0 Å². The van der Waals surface area contributed by atoms with Crippen LogP contribution in [-0.4, -0.2) is 34.1 Å². The molecule has 1 aromatic heterocycles. The molecule has 0 amide bonds. The summed E-state index contributed by atoms with van der Waals surface area (Å²) in [5.41, 5.74) is 0.772. The maximum absolute atomic E-state index is 11.9. The van der Waals surface area contributed by atoms with Crippen LogP contribution in [0, 0.1) is 6.92 Å². The Labute approximate surface area is 103 Å². The zero-order chi connectivity index (χ0) is 11.5. The minimum Gasteiger partial charge on any atom is -0.302 e. The van der Waals surface area contributed by atoms with Crippen LogP contribution >= 0.6 is 15.9 Å². The summed E-state index contributed by atoms with van der Waals surface area (Å²) >= 11 is 3.27. The maximum Gasteiger partial charge on any atom is 0.267 e. The van der Waals surface area contributed by atoms with Crippen LogP contribution in [0.1, 0.15) is 18.5 Å². The first kappa shape index (κ1) is 11.8. The molecule has 1 aromatic rings. The van der Waals surface area contributed by atoms with Crippen LogP contribution in [0.4, 0.5) is 0 Å². The van der Waals surface area contributed by atoms with Gasteiger partial charge in [0.15, 0.2) is 0 Å². The van der Waals surface area contributed by atoms with Gasteiger partial charge in [-0.3, -0.25) is 9.36 Å². The molecule has 5 heteroatoms. The highest BCUT2D eigenvalue weighted by atomic mass is 79.9. The van der Waals surface area contributed by atoms with E-state index in [9.17, 15) is 4.79 Å². The Morgan fingerprint density at radius 1 is 1.38 bits per heavy atom. The van der Waals surface area contributed by atoms with Crippen LogP contribution in [-0.2, 0) is 6.54 Å². The summed E-state index contributed by atoms with van der Waals surface area (Å²) in [4.78, 5) is 18.4. The van der Waals surface area contributed by atoms with Gasteiger partial charge in [-0.15, -0.1) is 0 Å². The summed E-state index contributed by atoms with van der Waals surface area (Å²) in [7, 11) is 0. The standard InChI is InChI=1S/C11H16BrN3O/c1-9-10(12)11(16)15(8-13-9)7-6-14-4-2-3-5-14/h8H,2-7H2,1H3. The van der Waals surface area contributed by atoms with Crippen LogP contribution in [0.15, 0.2) is 15.6 Å². The summed E-state index contributed by atoms with van der Waals surface area (Å²) < 4.78 is 2.26. The topological polar surface area (TPSA) is 38.1 Å². The molecule has 0 radical (unpaired) electrons. The van der Waals surface area contributed by atoms with Gasteiger partial charge in [-0.25, -0.2) is 4.98 Å². The molecule has 0 aromatic carbocycles. The fourth-order valence-corrected chi connectivity index (χ4v) is 2.29. The van der Waals surface area contributed by atoms with E-state index in [0.717, 1.165) is 31.9 Å². The predicted molar refractivity (Wildman–Crippen MR) is 66.6 cm³/mol. The first-order chi connectivity index (χ1) is 7.68. The monoisotopic (exact) mass is 285 g/mol. The number of hydrogen-bond acceptors (Lipinski definition) is 3.